The normalized spacial score (nSPS) is 21.2. The van der Waals surface area contributed by atoms with Crippen molar-refractivity contribution in [3.8, 4) is 0 Å². The SMILES string of the molecule is CCOCC(=O)N1CC2(C1)OCC[C@H]2CCNC(=O)c1ccncc1. The van der Waals surface area contributed by atoms with Gasteiger partial charge in [-0.05, 0) is 37.8 Å². The zero-order valence-electron chi connectivity index (χ0n) is 14.6. The highest BCUT2D eigenvalue weighted by atomic mass is 16.5. The summed E-state index contributed by atoms with van der Waals surface area (Å²) < 4.78 is 11.1. The first-order valence-corrected chi connectivity index (χ1v) is 8.82. The van der Waals surface area contributed by atoms with E-state index in [1.165, 1.54) is 0 Å². The van der Waals surface area contributed by atoms with Crippen molar-refractivity contribution in [1.29, 1.82) is 0 Å². The molecule has 2 aliphatic rings. The zero-order chi connectivity index (χ0) is 17.7. The number of pyridine rings is 1. The van der Waals surface area contributed by atoms with E-state index >= 15 is 0 Å². The van der Waals surface area contributed by atoms with Gasteiger partial charge in [-0.3, -0.25) is 14.6 Å². The number of ether oxygens (including phenoxy) is 2. The Morgan fingerprint density at radius 1 is 1.40 bits per heavy atom. The van der Waals surface area contributed by atoms with Crippen LogP contribution in [-0.2, 0) is 14.3 Å². The fourth-order valence-electron chi connectivity index (χ4n) is 3.56. The number of amides is 2. The van der Waals surface area contributed by atoms with Gasteiger partial charge >= 0.3 is 0 Å². The second-order valence-electron chi connectivity index (χ2n) is 6.57. The summed E-state index contributed by atoms with van der Waals surface area (Å²) >= 11 is 0. The maximum absolute atomic E-state index is 12.1. The molecule has 2 amide bonds. The molecule has 0 aliphatic carbocycles. The van der Waals surface area contributed by atoms with Gasteiger partial charge in [0.25, 0.3) is 5.91 Å². The van der Waals surface area contributed by atoms with Crippen LogP contribution in [0.5, 0.6) is 0 Å². The number of hydrogen-bond donors (Lipinski definition) is 1. The molecule has 3 heterocycles. The average molecular weight is 347 g/mol. The summed E-state index contributed by atoms with van der Waals surface area (Å²) in [4.78, 5) is 29.7. The molecule has 1 aromatic rings. The Morgan fingerprint density at radius 2 is 2.16 bits per heavy atom. The van der Waals surface area contributed by atoms with E-state index in [0.717, 1.165) is 19.4 Å². The van der Waals surface area contributed by atoms with Gasteiger partial charge < -0.3 is 19.7 Å². The Balaban J connectivity index is 1.44. The molecule has 1 atom stereocenters. The van der Waals surface area contributed by atoms with Crippen LogP contribution in [0.3, 0.4) is 0 Å². The second kappa shape index (κ2) is 7.93. The Bertz CT molecular complexity index is 602. The van der Waals surface area contributed by atoms with Crippen molar-refractivity contribution in [3.05, 3.63) is 30.1 Å². The van der Waals surface area contributed by atoms with Gasteiger partial charge in [0.1, 0.15) is 12.2 Å². The average Bonchev–Trinajstić information content (AvgIpc) is 3.03. The molecule has 0 aromatic carbocycles. The van der Waals surface area contributed by atoms with E-state index in [9.17, 15) is 9.59 Å². The third kappa shape index (κ3) is 3.99. The van der Waals surface area contributed by atoms with E-state index < -0.39 is 0 Å². The van der Waals surface area contributed by atoms with E-state index in [4.69, 9.17) is 9.47 Å². The minimum Gasteiger partial charge on any atom is -0.372 e. The molecule has 25 heavy (non-hydrogen) atoms. The second-order valence-corrected chi connectivity index (χ2v) is 6.57. The molecule has 0 bridgehead atoms. The molecule has 2 fully saturated rings. The molecule has 7 heteroatoms. The van der Waals surface area contributed by atoms with Crippen molar-refractivity contribution in [2.24, 2.45) is 5.92 Å². The number of carbonyl (C=O) groups is 2. The van der Waals surface area contributed by atoms with Crippen LogP contribution in [0.15, 0.2) is 24.5 Å². The van der Waals surface area contributed by atoms with Crippen LogP contribution in [0, 0.1) is 5.92 Å². The summed E-state index contributed by atoms with van der Waals surface area (Å²) in [7, 11) is 0. The Kier molecular flexibility index (Phi) is 5.65. The highest BCUT2D eigenvalue weighted by molar-refractivity contribution is 5.93. The summed E-state index contributed by atoms with van der Waals surface area (Å²) in [5.41, 5.74) is 0.382. The minimum atomic E-state index is -0.233. The quantitative estimate of drug-likeness (QED) is 0.791. The van der Waals surface area contributed by atoms with Gasteiger partial charge in [-0.25, -0.2) is 0 Å². The summed E-state index contributed by atoms with van der Waals surface area (Å²) in [6.07, 6.45) is 5.04. The van der Waals surface area contributed by atoms with Crippen molar-refractivity contribution in [3.63, 3.8) is 0 Å². The largest absolute Gasteiger partial charge is 0.372 e. The maximum atomic E-state index is 12.1. The summed E-state index contributed by atoms with van der Waals surface area (Å²) in [6.45, 7) is 5.13. The molecule has 0 unspecified atom stereocenters. The molecule has 1 aromatic heterocycles. The van der Waals surface area contributed by atoms with Crippen LogP contribution < -0.4 is 5.32 Å². The molecule has 1 N–H and O–H groups in total. The fourth-order valence-corrected chi connectivity index (χ4v) is 3.56. The standard InChI is InChI=1S/C18H25N3O4/c1-2-24-11-16(22)21-12-18(13-21)15(6-10-25-18)5-9-20-17(23)14-3-7-19-8-4-14/h3-4,7-8,15H,2,5-6,9-13H2,1H3,(H,20,23)/t15-/m1/s1. The predicted octanol–water partition coefficient (Wildman–Crippen LogP) is 0.856. The number of carbonyl (C=O) groups excluding carboxylic acids is 2. The van der Waals surface area contributed by atoms with Gasteiger partial charge in [-0.1, -0.05) is 0 Å². The van der Waals surface area contributed by atoms with Crippen LogP contribution in [0.1, 0.15) is 30.1 Å². The maximum Gasteiger partial charge on any atom is 0.251 e. The van der Waals surface area contributed by atoms with Gasteiger partial charge in [0.2, 0.25) is 5.91 Å². The Morgan fingerprint density at radius 3 is 2.88 bits per heavy atom. The number of hydrogen-bond acceptors (Lipinski definition) is 5. The van der Waals surface area contributed by atoms with E-state index in [1.807, 2.05) is 6.92 Å². The molecule has 136 valence electrons. The first-order chi connectivity index (χ1) is 12.1. The molecule has 1 spiro atoms. The van der Waals surface area contributed by atoms with Crippen LogP contribution in [-0.4, -0.2) is 66.8 Å². The third-order valence-electron chi connectivity index (χ3n) is 5.02. The lowest BCUT2D eigenvalue weighted by molar-refractivity contribution is -0.169. The van der Waals surface area contributed by atoms with Crippen molar-refractivity contribution in [2.45, 2.75) is 25.4 Å². The monoisotopic (exact) mass is 347 g/mol. The van der Waals surface area contributed by atoms with Crippen molar-refractivity contribution < 1.29 is 19.1 Å². The summed E-state index contributed by atoms with van der Waals surface area (Å²) in [5.74, 6) is 0.298. The van der Waals surface area contributed by atoms with E-state index in [1.54, 1.807) is 29.4 Å². The molecular weight excluding hydrogens is 322 g/mol. The number of nitrogens with zero attached hydrogens (tertiary/aromatic N) is 2. The third-order valence-corrected chi connectivity index (χ3v) is 5.02. The smallest absolute Gasteiger partial charge is 0.251 e. The van der Waals surface area contributed by atoms with Gasteiger partial charge in [0.15, 0.2) is 0 Å². The summed E-state index contributed by atoms with van der Waals surface area (Å²) in [6, 6.07) is 3.40. The molecule has 7 nitrogen and oxygen atoms in total. The number of aromatic nitrogens is 1. The predicted molar refractivity (Wildman–Crippen MR) is 91.1 cm³/mol. The van der Waals surface area contributed by atoms with Gasteiger partial charge in [-0.2, -0.15) is 0 Å². The molecule has 2 saturated heterocycles. The number of nitrogens with one attached hydrogen (secondary N) is 1. The number of rotatable bonds is 7. The number of likely N-dealkylation sites (tertiary alicyclic amines) is 1. The van der Waals surface area contributed by atoms with E-state index in [-0.39, 0.29) is 24.0 Å². The molecule has 2 aliphatic heterocycles. The molecular formula is C18H25N3O4. The molecule has 3 rings (SSSR count). The lowest BCUT2D eigenvalue weighted by atomic mass is 9.79. The molecule has 0 radical (unpaired) electrons. The fraction of sp³-hybridized carbons (Fsp3) is 0.611. The van der Waals surface area contributed by atoms with Crippen molar-refractivity contribution in [2.75, 3.05) is 39.5 Å². The highest BCUT2D eigenvalue weighted by Crippen LogP contribution is 2.41. The van der Waals surface area contributed by atoms with Crippen LogP contribution in [0.4, 0.5) is 0 Å². The van der Waals surface area contributed by atoms with E-state index in [2.05, 4.69) is 10.3 Å². The van der Waals surface area contributed by atoms with Crippen molar-refractivity contribution in [1.82, 2.24) is 15.2 Å². The van der Waals surface area contributed by atoms with Crippen molar-refractivity contribution >= 4 is 11.8 Å². The first kappa shape index (κ1) is 17.8. The lowest BCUT2D eigenvalue weighted by Gasteiger charge is -2.50. The summed E-state index contributed by atoms with van der Waals surface area (Å²) in [5, 5.41) is 2.95. The Hall–Kier alpha value is -1.99. The van der Waals surface area contributed by atoms with Gasteiger partial charge in [-0.15, -0.1) is 0 Å². The van der Waals surface area contributed by atoms with Gasteiger partial charge in [0.05, 0.1) is 13.1 Å². The lowest BCUT2D eigenvalue weighted by Crippen LogP contribution is -2.66. The van der Waals surface area contributed by atoms with Crippen LogP contribution >= 0.6 is 0 Å². The van der Waals surface area contributed by atoms with Crippen LogP contribution in [0.25, 0.3) is 0 Å². The van der Waals surface area contributed by atoms with Gasteiger partial charge in [0, 0.05) is 37.7 Å². The Labute approximate surface area is 147 Å². The van der Waals surface area contributed by atoms with Crippen LogP contribution in [0.2, 0.25) is 0 Å². The minimum absolute atomic E-state index is 0.0210. The topological polar surface area (TPSA) is 80.8 Å². The highest BCUT2D eigenvalue weighted by Gasteiger charge is 2.53. The van der Waals surface area contributed by atoms with E-state index in [0.29, 0.717) is 37.7 Å². The molecule has 0 saturated carbocycles. The first-order valence-electron chi connectivity index (χ1n) is 8.82. The zero-order valence-corrected chi connectivity index (χ0v) is 14.6.